The van der Waals surface area contributed by atoms with E-state index >= 15 is 0 Å². The van der Waals surface area contributed by atoms with E-state index in [2.05, 4.69) is 11.4 Å². The molecule has 2 amide bonds. The van der Waals surface area contributed by atoms with Gasteiger partial charge in [-0.05, 0) is 19.8 Å². The summed E-state index contributed by atoms with van der Waals surface area (Å²) in [7, 11) is 0. The lowest BCUT2D eigenvalue weighted by molar-refractivity contribution is -0.124. The molecule has 1 heterocycles. The first-order valence-electron chi connectivity index (χ1n) is 8.95. The van der Waals surface area contributed by atoms with E-state index in [1.807, 2.05) is 4.90 Å². The van der Waals surface area contributed by atoms with Crippen LogP contribution in [-0.4, -0.2) is 66.7 Å². The zero-order valence-corrected chi connectivity index (χ0v) is 14.6. The molecule has 1 saturated heterocycles. The number of hydrogen-bond donors (Lipinski definition) is 1. The van der Waals surface area contributed by atoms with Gasteiger partial charge >= 0.3 is 6.09 Å². The lowest BCUT2D eigenvalue weighted by Crippen LogP contribution is -2.54. The highest BCUT2D eigenvalue weighted by molar-refractivity contribution is 5.79. The first-order chi connectivity index (χ1) is 11.6. The van der Waals surface area contributed by atoms with Gasteiger partial charge in [0.05, 0.1) is 19.2 Å². The molecular weight excluding hydrogens is 308 g/mol. The molecule has 24 heavy (non-hydrogen) atoms. The van der Waals surface area contributed by atoms with Crippen molar-refractivity contribution in [3.63, 3.8) is 0 Å². The van der Waals surface area contributed by atoms with Crippen molar-refractivity contribution in [2.45, 2.75) is 51.0 Å². The molecule has 2 rings (SSSR count). The van der Waals surface area contributed by atoms with Gasteiger partial charge in [0.25, 0.3) is 0 Å². The van der Waals surface area contributed by atoms with E-state index in [9.17, 15) is 14.9 Å². The third kappa shape index (κ3) is 5.10. The van der Waals surface area contributed by atoms with Crippen molar-refractivity contribution in [1.29, 1.82) is 5.26 Å². The molecule has 0 radical (unpaired) electrons. The van der Waals surface area contributed by atoms with E-state index in [-0.39, 0.29) is 18.5 Å². The van der Waals surface area contributed by atoms with Crippen LogP contribution in [0, 0.1) is 11.3 Å². The monoisotopic (exact) mass is 336 g/mol. The maximum absolute atomic E-state index is 12.4. The highest BCUT2D eigenvalue weighted by Crippen LogP contribution is 2.26. The second-order valence-corrected chi connectivity index (χ2v) is 6.62. The zero-order valence-electron chi connectivity index (χ0n) is 14.6. The van der Waals surface area contributed by atoms with Crippen LogP contribution < -0.4 is 5.32 Å². The van der Waals surface area contributed by atoms with Crippen LogP contribution in [0.4, 0.5) is 4.79 Å². The second-order valence-electron chi connectivity index (χ2n) is 6.62. The summed E-state index contributed by atoms with van der Waals surface area (Å²) < 4.78 is 4.99. The minimum atomic E-state index is -0.694. The lowest BCUT2D eigenvalue weighted by atomic mass is 9.92. The molecule has 0 aromatic heterocycles. The average molecular weight is 336 g/mol. The molecule has 0 atom stereocenters. The van der Waals surface area contributed by atoms with Crippen LogP contribution in [0.25, 0.3) is 0 Å². The lowest BCUT2D eigenvalue weighted by Gasteiger charge is -2.34. The number of ether oxygens (including phenoxy) is 1. The third-order valence-electron chi connectivity index (χ3n) is 4.82. The number of carbonyl (C=O) groups excluding carboxylic acids is 2. The van der Waals surface area contributed by atoms with Gasteiger partial charge in [0.1, 0.15) is 5.54 Å². The number of nitriles is 1. The Kier molecular flexibility index (Phi) is 6.85. The fourth-order valence-electron chi connectivity index (χ4n) is 3.41. The predicted molar refractivity (Wildman–Crippen MR) is 89.2 cm³/mol. The van der Waals surface area contributed by atoms with Gasteiger partial charge in [0.2, 0.25) is 5.91 Å². The van der Waals surface area contributed by atoms with Crippen molar-refractivity contribution in [1.82, 2.24) is 15.1 Å². The zero-order chi connectivity index (χ0) is 17.4. The summed E-state index contributed by atoms with van der Waals surface area (Å²) in [5, 5.41) is 12.5. The minimum absolute atomic E-state index is 0.0944. The number of nitrogens with zero attached hydrogens (tertiary/aromatic N) is 3. The summed E-state index contributed by atoms with van der Waals surface area (Å²) >= 11 is 0. The molecule has 0 bridgehead atoms. The van der Waals surface area contributed by atoms with Gasteiger partial charge in [-0.2, -0.15) is 5.26 Å². The number of amides is 2. The first kappa shape index (κ1) is 18.5. The number of piperazine rings is 1. The molecule has 0 spiro atoms. The standard InChI is InChI=1S/C17H28N4O3/c1-2-24-16(23)21-11-9-20(10-12-21)13-15(22)19-17(14-18)7-5-3-4-6-8-17/h2-13H2,1H3,(H,19,22). The highest BCUT2D eigenvalue weighted by Gasteiger charge is 2.33. The number of hydrogen-bond acceptors (Lipinski definition) is 5. The molecule has 0 unspecified atom stereocenters. The fourth-order valence-corrected chi connectivity index (χ4v) is 3.41. The molecule has 7 heteroatoms. The van der Waals surface area contributed by atoms with E-state index in [0.29, 0.717) is 32.8 Å². The minimum Gasteiger partial charge on any atom is -0.450 e. The van der Waals surface area contributed by atoms with E-state index in [0.717, 1.165) is 38.5 Å². The molecular formula is C17H28N4O3. The van der Waals surface area contributed by atoms with Crippen molar-refractivity contribution < 1.29 is 14.3 Å². The number of carbonyl (C=O) groups is 2. The maximum Gasteiger partial charge on any atom is 0.409 e. The van der Waals surface area contributed by atoms with Crippen molar-refractivity contribution in [3.05, 3.63) is 0 Å². The molecule has 0 aromatic rings. The van der Waals surface area contributed by atoms with Gasteiger partial charge in [-0.1, -0.05) is 25.7 Å². The van der Waals surface area contributed by atoms with Crippen LogP contribution in [0.15, 0.2) is 0 Å². The second kappa shape index (κ2) is 8.88. The van der Waals surface area contributed by atoms with E-state index < -0.39 is 5.54 Å². The summed E-state index contributed by atoms with van der Waals surface area (Å²) in [6, 6.07) is 2.34. The van der Waals surface area contributed by atoms with Gasteiger partial charge in [0, 0.05) is 26.2 Å². The Morgan fingerprint density at radius 2 is 1.75 bits per heavy atom. The summed E-state index contributed by atoms with van der Waals surface area (Å²) in [6.45, 7) is 4.86. The Labute approximate surface area is 143 Å². The average Bonchev–Trinajstić information content (AvgIpc) is 2.81. The topological polar surface area (TPSA) is 85.7 Å². The number of nitrogens with one attached hydrogen (secondary N) is 1. The number of rotatable bonds is 4. The third-order valence-corrected chi connectivity index (χ3v) is 4.82. The summed E-state index contributed by atoms with van der Waals surface area (Å²) in [5.74, 6) is -0.0944. The predicted octanol–water partition coefficient (Wildman–Crippen LogP) is 1.49. The van der Waals surface area contributed by atoms with Crippen LogP contribution in [0.1, 0.15) is 45.4 Å². The van der Waals surface area contributed by atoms with Gasteiger partial charge in [0.15, 0.2) is 0 Å². The van der Waals surface area contributed by atoms with Crippen LogP contribution in [0.5, 0.6) is 0 Å². The Morgan fingerprint density at radius 3 is 2.29 bits per heavy atom. The normalized spacial score (nSPS) is 21.4. The Balaban J connectivity index is 1.79. The van der Waals surface area contributed by atoms with Gasteiger partial charge in [-0.25, -0.2) is 4.79 Å². The van der Waals surface area contributed by atoms with Crippen molar-refractivity contribution in [3.8, 4) is 6.07 Å². The molecule has 1 saturated carbocycles. The molecule has 134 valence electrons. The molecule has 2 aliphatic rings. The van der Waals surface area contributed by atoms with Crippen LogP contribution in [-0.2, 0) is 9.53 Å². The van der Waals surface area contributed by atoms with Gasteiger partial charge in [-0.3, -0.25) is 9.69 Å². The Morgan fingerprint density at radius 1 is 1.12 bits per heavy atom. The fraction of sp³-hybridized carbons (Fsp3) is 0.824. The van der Waals surface area contributed by atoms with Gasteiger partial charge in [-0.15, -0.1) is 0 Å². The maximum atomic E-state index is 12.4. The van der Waals surface area contributed by atoms with Crippen molar-refractivity contribution in [2.75, 3.05) is 39.3 Å². The van der Waals surface area contributed by atoms with E-state index in [1.165, 1.54) is 0 Å². The molecule has 1 aliphatic heterocycles. The van der Waals surface area contributed by atoms with E-state index in [1.54, 1.807) is 11.8 Å². The molecule has 7 nitrogen and oxygen atoms in total. The smallest absolute Gasteiger partial charge is 0.409 e. The first-order valence-corrected chi connectivity index (χ1v) is 8.95. The largest absolute Gasteiger partial charge is 0.450 e. The van der Waals surface area contributed by atoms with Crippen LogP contribution in [0.2, 0.25) is 0 Å². The molecule has 1 aliphatic carbocycles. The highest BCUT2D eigenvalue weighted by atomic mass is 16.6. The molecule has 1 N–H and O–H groups in total. The van der Waals surface area contributed by atoms with Crippen LogP contribution >= 0.6 is 0 Å². The summed E-state index contributed by atoms with van der Waals surface area (Å²) in [6.07, 6.45) is 5.45. The van der Waals surface area contributed by atoms with Crippen molar-refractivity contribution >= 4 is 12.0 Å². The Hall–Kier alpha value is -1.81. The van der Waals surface area contributed by atoms with Gasteiger partial charge < -0.3 is 15.0 Å². The molecule has 2 fully saturated rings. The Bertz CT molecular complexity index is 473. The summed E-state index contributed by atoms with van der Waals surface area (Å²) in [4.78, 5) is 27.7. The molecule has 0 aromatic carbocycles. The quantitative estimate of drug-likeness (QED) is 0.786. The SMILES string of the molecule is CCOC(=O)N1CCN(CC(=O)NC2(C#N)CCCCCC2)CC1. The van der Waals surface area contributed by atoms with Crippen molar-refractivity contribution in [2.24, 2.45) is 0 Å². The van der Waals surface area contributed by atoms with E-state index in [4.69, 9.17) is 4.74 Å². The van der Waals surface area contributed by atoms with Crippen LogP contribution in [0.3, 0.4) is 0 Å². The summed E-state index contributed by atoms with van der Waals surface area (Å²) in [5.41, 5.74) is -0.694.